The molecule has 0 aromatic carbocycles. The largest absolute Gasteiger partial charge is 0.353 e. The molecule has 0 atom stereocenters. The Bertz CT molecular complexity index is 177. The Hall–Kier alpha value is -0.720. The van der Waals surface area contributed by atoms with Crippen molar-refractivity contribution >= 4 is 0 Å². The minimum atomic E-state index is 0.706. The van der Waals surface area contributed by atoms with Crippen molar-refractivity contribution in [3.05, 3.63) is 24.0 Å². The van der Waals surface area contributed by atoms with Gasteiger partial charge in [0.2, 0.25) is 0 Å². The maximum Gasteiger partial charge on any atom is 0.0133 e. The van der Waals surface area contributed by atoms with Gasteiger partial charge in [-0.15, -0.1) is 0 Å². The Balaban J connectivity index is 4.27. The highest BCUT2D eigenvalue weighted by atomic mass is 15.1. The fraction of sp³-hybridized carbons (Fsp3) is 0.636. The summed E-state index contributed by atoms with van der Waals surface area (Å²) in [6.07, 6.45) is 3.29. The zero-order chi connectivity index (χ0) is 9.72. The Kier molecular flexibility index (Phi) is 4.72. The number of hydrogen-bond donors (Lipinski definition) is 0. The summed E-state index contributed by atoms with van der Waals surface area (Å²) in [5.74, 6) is 0.706. The van der Waals surface area contributed by atoms with Crippen LogP contribution in [0.15, 0.2) is 24.0 Å². The summed E-state index contributed by atoms with van der Waals surface area (Å²) in [5.41, 5.74) is 2.46. The van der Waals surface area contributed by atoms with Crippen LogP contribution in [-0.2, 0) is 0 Å². The smallest absolute Gasteiger partial charge is 0.0133 e. The molecule has 1 heteroatoms. The van der Waals surface area contributed by atoms with Crippen molar-refractivity contribution in [3.63, 3.8) is 0 Å². The monoisotopic (exact) mass is 167 g/mol. The summed E-state index contributed by atoms with van der Waals surface area (Å²) in [4.78, 5) is 2.15. The predicted octanol–water partition coefficient (Wildman–Crippen LogP) is 3.40. The van der Waals surface area contributed by atoms with E-state index in [-0.39, 0.29) is 0 Å². The van der Waals surface area contributed by atoms with E-state index in [1.807, 2.05) is 6.92 Å². The molecule has 0 fully saturated rings. The van der Waals surface area contributed by atoms with Gasteiger partial charge in [-0.2, -0.15) is 0 Å². The molecular weight excluding hydrogens is 146 g/mol. The molecule has 70 valence electrons. The van der Waals surface area contributed by atoms with E-state index in [1.54, 1.807) is 0 Å². The summed E-state index contributed by atoms with van der Waals surface area (Å²) in [5, 5.41) is 0. The van der Waals surface area contributed by atoms with Crippen LogP contribution in [0.25, 0.3) is 0 Å². The van der Waals surface area contributed by atoms with Gasteiger partial charge in [0.05, 0.1) is 0 Å². The van der Waals surface area contributed by atoms with Crippen LogP contribution < -0.4 is 0 Å². The van der Waals surface area contributed by atoms with Crippen molar-refractivity contribution in [1.29, 1.82) is 0 Å². The minimum absolute atomic E-state index is 0.706. The molecule has 0 aliphatic heterocycles. The molecule has 0 aromatic heterocycles. The topological polar surface area (TPSA) is 3.24 Å². The lowest BCUT2D eigenvalue weighted by Gasteiger charge is -2.23. The quantitative estimate of drug-likeness (QED) is 0.620. The van der Waals surface area contributed by atoms with Gasteiger partial charge < -0.3 is 4.90 Å². The van der Waals surface area contributed by atoms with Crippen molar-refractivity contribution in [1.82, 2.24) is 4.90 Å². The number of hydrogen-bond acceptors (Lipinski definition) is 1. The lowest BCUT2D eigenvalue weighted by Crippen LogP contribution is -2.15. The third-order valence-electron chi connectivity index (χ3n) is 1.95. The van der Waals surface area contributed by atoms with E-state index < -0.39 is 0 Å². The molecule has 0 radical (unpaired) electrons. The molecule has 0 heterocycles. The van der Waals surface area contributed by atoms with Crippen molar-refractivity contribution < 1.29 is 0 Å². The second-order valence-corrected chi connectivity index (χ2v) is 3.67. The lowest BCUT2D eigenvalue weighted by atomic mass is 10.1. The normalized spacial score (nSPS) is 12.0. The molecule has 0 bridgehead atoms. The molecule has 0 saturated carbocycles. The molecule has 0 aliphatic carbocycles. The maximum absolute atomic E-state index is 3.92. The van der Waals surface area contributed by atoms with Crippen molar-refractivity contribution in [2.75, 3.05) is 7.05 Å². The van der Waals surface area contributed by atoms with E-state index in [0.29, 0.717) is 5.92 Å². The summed E-state index contributed by atoms with van der Waals surface area (Å²) in [6, 6.07) is 0. The molecule has 0 N–H and O–H groups in total. The van der Waals surface area contributed by atoms with Gasteiger partial charge in [-0.1, -0.05) is 26.5 Å². The van der Waals surface area contributed by atoms with Gasteiger partial charge in [0.1, 0.15) is 0 Å². The van der Waals surface area contributed by atoms with Crippen molar-refractivity contribution in [2.45, 2.75) is 34.1 Å². The average molecular weight is 167 g/mol. The van der Waals surface area contributed by atoms with Gasteiger partial charge in [-0.3, -0.25) is 0 Å². The second-order valence-electron chi connectivity index (χ2n) is 3.67. The molecule has 1 nitrogen and oxygen atoms in total. The summed E-state index contributed by atoms with van der Waals surface area (Å²) in [7, 11) is 2.07. The van der Waals surface area contributed by atoms with E-state index in [4.69, 9.17) is 0 Å². The molecule has 0 amide bonds. The van der Waals surface area contributed by atoms with Crippen LogP contribution in [0.2, 0.25) is 0 Å². The van der Waals surface area contributed by atoms with E-state index in [9.17, 15) is 0 Å². The van der Waals surface area contributed by atoms with E-state index >= 15 is 0 Å². The first-order valence-electron chi connectivity index (χ1n) is 4.53. The molecule has 0 aliphatic rings. The highest BCUT2D eigenvalue weighted by molar-refractivity contribution is 5.07. The van der Waals surface area contributed by atoms with Crippen LogP contribution >= 0.6 is 0 Å². The van der Waals surface area contributed by atoms with Gasteiger partial charge in [0.25, 0.3) is 0 Å². The number of allylic oxidation sites excluding steroid dienone is 3. The van der Waals surface area contributed by atoms with Crippen LogP contribution in [0, 0.1) is 5.92 Å². The highest BCUT2D eigenvalue weighted by Gasteiger charge is 2.05. The third-order valence-corrected chi connectivity index (χ3v) is 1.95. The summed E-state index contributed by atoms with van der Waals surface area (Å²) >= 11 is 0. The number of rotatable bonds is 4. The van der Waals surface area contributed by atoms with Gasteiger partial charge in [-0.05, 0) is 26.2 Å². The SMILES string of the molecule is C=C(C)N(C)/C(=C\C)CC(C)C. The molecule has 0 spiro atoms. The minimum Gasteiger partial charge on any atom is -0.353 e. The fourth-order valence-electron chi connectivity index (χ4n) is 1.11. The van der Waals surface area contributed by atoms with E-state index in [0.717, 1.165) is 12.1 Å². The molecule has 0 rings (SSSR count). The van der Waals surface area contributed by atoms with Crippen LogP contribution in [-0.4, -0.2) is 11.9 Å². The Morgan fingerprint density at radius 2 is 2.00 bits per heavy atom. The second kappa shape index (κ2) is 5.02. The first-order chi connectivity index (χ1) is 5.49. The highest BCUT2D eigenvalue weighted by Crippen LogP contribution is 2.16. The number of nitrogens with zero attached hydrogens (tertiary/aromatic N) is 1. The zero-order valence-electron chi connectivity index (χ0n) is 9.02. The predicted molar refractivity (Wildman–Crippen MR) is 55.8 cm³/mol. The van der Waals surface area contributed by atoms with E-state index in [2.05, 4.69) is 45.4 Å². The average Bonchev–Trinajstić information content (AvgIpc) is 1.98. The zero-order valence-corrected chi connectivity index (χ0v) is 9.02. The van der Waals surface area contributed by atoms with Gasteiger partial charge in [0.15, 0.2) is 0 Å². The molecular formula is C11H21N. The molecule has 0 aromatic rings. The van der Waals surface area contributed by atoms with Crippen molar-refractivity contribution in [3.8, 4) is 0 Å². The van der Waals surface area contributed by atoms with Gasteiger partial charge in [-0.25, -0.2) is 0 Å². The Morgan fingerprint density at radius 3 is 2.25 bits per heavy atom. The van der Waals surface area contributed by atoms with Crippen molar-refractivity contribution in [2.24, 2.45) is 5.92 Å². The molecule has 12 heavy (non-hydrogen) atoms. The van der Waals surface area contributed by atoms with Gasteiger partial charge >= 0.3 is 0 Å². The summed E-state index contributed by atoms with van der Waals surface area (Å²) < 4.78 is 0. The maximum atomic E-state index is 3.92. The lowest BCUT2D eigenvalue weighted by molar-refractivity contribution is 0.460. The first-order valence-corrected chi connectivity index (χ1v) is 4.53. The summed E-state index contributed by atoms with van der Waals surface area (Å²) in [6.45, 7) is 12.5. The van der Waals surface area contributed by atoms with Crippen LogP contribution in [0.1, 0.15) is 34.1 Å². The van der Waals surface area contributed by atoms with Crippen LogP contribution in [0.4, 0.5) is 0 Å². The Morgan fingerprint density at radius 1 is 1.50 bits per heavy atom. The third kappa shape index (κ3) is 3.61. The fourth-order valence-corrected chi connectivity index (χ4v) is 1.11. The standard InChI is InChI=1S/C11H21N/c1-7-11(8-9(2)3)12(6)10(4)5/h7,9H,4,8H2,1-3,5-6H3/b11-7-. The first kappa shape index (κ1) is 11.3. The van der Waals surface area contributed by atoms with Gasteiger partial charge in [0, 0.05) is 18.4 Å². The van der Waals surface area contributed by atoms with Crippen LogP contribution in [0.5, 0.6) is 0 Å². The van der Waals surface area contributed by atoms with Crippen LogP contribution in [0.3, 0.4) is 0 Å². The van der Waals surface area contributed by atoms with E-state index in [1.165, 1.54) is 5.70 Å². The molecule has 0 unspecified atom stereocenters. The molecule has 0 saturated heterocycles. The Labute approximate surface area is 76.8 Å².